The largest absolute Gasteiger partial charge is 0.379 e. The highest BCUT2D eigenvalue weighted by Gasteiger charge is 2.42. The van der Waals surface area contributed by atoms with E-state index in [2.05, 4.69) is 14.0 Å². The second-order valence-electron chi connectivity index (χ2n) is 3.74. The lowest BCUT2D eigenvalue weighted by Crippen LogP contribution is -2.35. The fourth-order valence-electron chi connectivity index (χ4n) is 1.72. The number of rotatable bonds is 3. The molecule has 3 rings (SSSR count). The molecule has 3 fully saturated rings. The summed E-state index contributed by atoms with van der Waals surface area (Å²) in [6.45, 7) is 9.41. The Morgan fingerprint density at radius 3 is 1.62 bits per heavy atom. The van der Waals surface area contributed by atoms with E-state index in [0.29, 0.717) is 0 Å². The van der Waals surface area contributed by atoms with Gasteiger partial charge in [-0.2, -0.15) is 0 Å². The van der Waals surface area contributed by atoms with Crippen LogP contribution in [0.1, 0.15) is 0 Å². The minimum absolute atomic E-state index is 0.0546. The molecule has 4 nitrogen and oxygen atoms in total. The molecule has 3 aliphatic rings. The zero-order valence-electron chi connectivity index (χ0n) is 7.85. The highest BCUT2D eigenvalue weighted by Crippen LogP contribution is 2.55. The highest BCUT2D eigenvalue weighted by molar-refractivity contribution is 7.50. The van der Waals surface area contributed by atoms with Crippen LogP contribution in [0.5, 0.6) is 0 Å². The monoisotopic (exact) mass is 201 g/mol. The Morgan fingerprint density at radius 2 is 1.15 bits per heavy atom. The molecule has 0 amide bonds. The summed E-state index contributed by atoms with van der Waals surface area (Å²) in [6.07, 6.45) is 0. The summed E-state index contributed by atoms with van der Waals surface area (Å²) < 4.78 is 13.2. The Balaban J connectivity index is 1.64. The lowest BCUT2D eigenvalue weighted by atomic mass is 10.5. The van der Waals surface area contributed by atoms with Crippen molar-refractivity contribution in [2.45, 2.75) is 0 Å². The second-order valence-corrected chi connectivity index (χ2v) is 5.98. The number of morpholine rings is 1. The predicted octanol–water partition coefficient (Wildman–Crippen LogP) is 0.177. The molecule has 3 heterocycles. The number of nitrogens with zero attached hydrogens (tertiary/aromatic N) is 3. The van der Waals surface area contributed by atoms with E-state index >= 15 is 0 Å². The summed E-state index contributed by atoms with van der Waals surface area (Å²) in [5.74, 6) is 0. The molecule has 13 heavy (non-hydrogen) atoms. The Labute approximate surface area is 80.3 Å². The molecular formula is C8H16N3OP. The fourth-order valence-corrected chi connectivity index (χ4v) is 4.21. The molecular weight excluding hydrogens is 185 g/mol. The Morgan fingerprint density at radius 1 is 0.692 bits per heavy atom. The maximum Gasteiger partial charge on any atom is 0.120 e. The molecule has 0 spiro atoms. The Hall–Kier alpha value is 0.270. The molecule has 3 aliphatic heterocycles. The van der Waals surface area contributed by atoms with Gasteiger partial charge in [-0.1, -0.05) is 0 Å². The standard InChI is InChI=1S/C8H16N3OP/c1-2-9(1)13(10-3-4-10)11-5-7-12-8-6-11/h1-8H2. The van der Waals surface area contributed by atoms with Gasteiger partial charge in [-0.3, -0.25) is 14.0 Å². The first-order valence-electron chi connectivity index (χ1n) is 5.07. The smallest absolute Gasteiger partial charge is 0.120 e. The van der Waals surface area contributed by atoms with Crippen LogP contribution in [0.2, 0.25) is 0 Å². The topological polar surface area (TPSA) is 18.5 Å². The summed E-state index contributed by atoms with van der Waals surface area (Å²) in [7, 11) is -0.0546. The first-order chi connectivity index (χ1) is 6.45. The van der Waals surface area contributed by atoms with E-state index in [4.69, 9.17) is 4.74 Å². The van der Waals surface area contributed by atoms with Crippen molar-refractivity contribution in [2.75, 3.05) is 52.5 Å². The third kappa shape index (κ3) is 1.88. The summed E-state index contributed by atoms with van der Waals surface area (Å²) in [6, 6.07) is 0. The van der Waals surface area contributed by atoms with Crippen LogP contribution in [0.4, 0.5) is 0 Å². The van der Waals surface area contributed by atoms with E-state index in [1.54, 1.807) is 0 Å². The van der Waals surface area contributed by atoms with E-state index in [1.807, 2.05) is 0 Å². The molecule has 0 unspecified atom stereocenters. The molecule has 0 aromatic heterocycles. The van der Waals surface area contributed by atoms with E-state index in [1.165, 1.54) is 26.2 Å². The van der Waals surface area contributed by atoms with Crippen molar-refractivity contribution in [1.82, 2.24) is 14.0 Å². The van der Waals surface area contributed by atoms with Gasteiger partial charge in [0.2, 0.25) is 0 Å². The molecule has 0 N–H and O–H groups in total. The van der Waals surface area contributed by atoms with Gasteiger partial charge in [0.15, 0.2) is 0 Å². The van der Waals surface area contributed by atoms with Gasteiger partial charge in [-0.25, -0.2) is 0 Å². The van der Waals surface area contributed by atoms with Gasteiger partial charge in [-0.05, 0) is 0 Å². The van der Waals surface area contributed by atoms with Gasteiger partial charge in [0.05, 0.1) is 13.2 Å². The third-order valence-electron chi connectivity index (χ3n) is 2.59. The van der Waals surface area contributed by atoms with Crippen molar-refractivity contribution in [3.63, 3.8) is 0 Å². The molecule has 0 aromatic rings. The molecule has 5 heteroatoms. The van der Waals surface area contributed by atoms with Crippen LogP contribution in [0.15, 0.2) is 0 Å². The van der Waals surface area contributed by atoms with Crippen LogP contribution in [0.25, 0.3) is 0 Å². The van der Waals surface area contributed by atoms with Crippen LogP contribution in [-0.2, 0) is 4.74 Å². The van der Waals surface area contributed by atoms with Gasteiger partial charge in [-0.15, -0.1) is 0 Å². The van der Waals surface area contributed by atoms with Crippen LogP contribution in [0, 0.1) is 0 Å². The number of hydrogen-bond acceptors (Lipinski definition) is 4. The molecule has 0 bridgehead atoms. The molecule has 0 atom stereocenters. The van der Waals surface area contributed by atoms with Gasteiger partial charge in [0.1, 0.15) is 8.37 Å². The maximum absolute atomic E-state index is 5.38. The predicted molar refractivity (Wildman–Crippen MR) is 52.5 cm³/mol. The first kappa shape index (κ1) is 8.57. The SMILES string of the molecule is C1CN(P(N2CC2)N2CC2)CCO1. The average Bonchev–Trinajstić information content (AvgIpc) is 3.00. The fraction of sp³-hybridized carbons (Fsp3) is 1.00. The second kappa shape index (κ2) is 3.44. The van der Waals surface area contributed by atoms with Crippen LogP contribution in [-0.4, -0.2) is 66.5 Å². The number of ether oxygens (including phenoxy) is 1. The van der Waals surface area contributed by atoms with Crippen molar-refractivity contribution in [1.29, 1.82) is 0 Å². The Kier molecular flexibility index (Phi) is 2.27. The molecule has 74 valence electrons. The van der Waals surface area contributed by atoms with Crippen molar-refractivity contribution in [3.05, 3.63) is 0 Å². The molecule has 0 saturated carbocycles. The van der Waals surface area contributed by atoms with Gasteiger partial charge >= 0.3 is 0 Å². The summed E-state index contributed by atoms with van der Waals surface area (Å²) in [5.41, 5.74) is 0. The third-order valence-corrected chi connectivity index (χ3v) is 5.31. The van der Waals surface area contributed by atoms with Gasteiger partial charge in [0, 0.05) is 39.3 Å². The van der Waals surface area contributed by atoms with E-state index in [9.17, 15) is 0 Å². The van der Waals surface area contributed by atoms with Gasteiger partial charge < -0.3 is 4.74 Å². The minimum atomic E-state index is -0.0546. The molecule has 0 aliphatic carbocycles. The molecule has 3 saturated heterocycles. The lowest BCUT2D eigenvalue weighted by molar-refractivity contribution is 0.0723. The number of hydrogen-bond donors (Lipinski definition) is 0. The zero-order valence-corrected chi connectivity index (χ0v) is 8.75. The van der Waals surface area contributed by atoms with E-state index in [-0.39, 0.29) is 8.37 Å². The zero-order chi connectivity index (χ0) is 8.67. The minimum Gasteiger partial charge on any atom is -0.379 e. The Bertz CT molecular complexity index is 178. The molecule has 0 radical (unpaired) electrons. The van der Waals surface area contributed by atoms with Crippen LogP contribution in [0.3, 0.4) is 0 Å². The van der Waals surface area contributed by atoms with E-state index < -0.39 is 0 Å². The average molecular weight is 201 g/mol. The first-order valence-corrected chi connectivity index (χ1v) is 6.27. The summed E-state index contributed by atoms with van der Waals surface area (Å²) in [4.78, 5) is 0. The van der Waals surface area contributed by atoms with Crippen molar-refractivity contribution in [2.24, 2.45) is 0 Å². The van der Waals surface area contributed by atoms with Crippen molar-refractivity contribution < 1.29 is 4.74 Å². The van der Waals surface area contributed by atoms with Gasteiger partial charge in [0.25, 0.3) is 0 Å². The maximum atomic E-state index is 5.38. The summed E-state index contributed by atoms with van der Waals surface area (Å²) >= 11 is 0. The normalized spacial score (nSPS) is 31.2. The highest BCUT2D eigenvalue weighted by atomic mass is 31.2. The van der Waals surface area contributed by atoms with Crippen molar-refractivity contribution >= 4 is 8.37 Å². The van der Waals surface area contributed by atoms with Crippen molar-refractivity contribution in [3.8, 4) is 0 Å². The van der Waals surface area contributed by atoms with Crippen LogP contribution >= 0.6 is 8.37 Å². The van der Waals surface area contributed by atoms with Crippen LogP contribution < -0.4 is 0 Å². The summed E-state index contributed by atoms with van der Waals surface area (Å²) in [5, 5.41) is 0. The molecule has 0 aromatic carbocycles. The van der Waals surface area contributed by atoms with E-state index in [0.717, 1.165) is 26.3 Å². The lowest BCUT2D eigenvalue weighted by Gasteiger charge is -2.34. The quantitative estimate of drug-likeness (QED) is 0.478.